The van der Waals surface area contributed by atoms with Crippen molar-refractivity contribution >= 4 is 116 Å². The second-order valence-corrected chi connectivity index (χ2v) is 21.2. The standard InChI is InChI=1S/C54H26B2N6OS4.2Pt/c1-59-29-61(53-40(59)7-5-21-57-53)34-15-19-45-38(26-34)55-36-23-31(13-17-43(36)64-47-9-3-11-49(66-45)51(47)55)33-25-42(63-28-33)32-14-18-44-37(24-32)56-39-27-35(62-30-60(2)41-8-6-22-58-54(41)62)16-20-46(39)67-50-12-4-10-48(65-44)52(50)56;;/h3-22H,1-2H3;;/q-6;2*+4. The fourth-order valence-corrected chi connectivity index (χ4v) is 14.7. The minimum Gasteiger partial charge on any atom is -0.631 e. The van der Waals surface area contributed by atoms with Crippen molar-refractivity contribution < 1.29 is 55.7 Å². The summed E-state index contributed by atoms with van der Waals surface area (Å²) in [6, 6.07) is 57.7. The number of pyridine rings is 2. The van der Waals surface area contributed by atoms with Gasteiger partial charge in [-0.3, -0.25) is 9.97 Å². The van der Waals surface area contributed by atoms with Crippen LogP contribution in [0.2, 0.25) is 0 Å². The van der Waals surface area contributed by atoms with E-state index in [1.807, 2.05) is 68.7 Å². The van der Waals surface area contributed by atoms with Gasteiger partial charge in [0.25, 0.3) is 0 Å². The van der Waals surface area contributed by atoms with Crippen molar-refractivity contribution in [3.8, 4) is 33.8 Å². The number of benzene rings is 6. The van der Waals surface area contributed by atoms with Gasteiger partial charge in [0, 0.05) is 12.4 Å². The Labute approximate surface area is 444 Å². The van der Waals surface area contributed by atoms with E-state index in [4.69, 9.17) is 14.4 Å². The van der Waals surface area contributed by atoms with Crippen LogP contribution in [-0.4, -0.2) is 32.5 Å². The van der Waals surface area contributed by atoms with Crippen molar-refractivity contribution in [3.63, 3.8) is 0 Å². The summed E-state index contributed by atoms with van der Waals surface area (Å²) in [5, 5.41) is 0. The molecule has 15 rings (SSSR count). The van der Waals surface area contributed by atoms with Gasteiger partial charge in [0.2, 0.25) is 19.4 Å². The molecule has 6 aromatic carbocycles. The van der Waals surface area contributed by atoms with Crippen LogP contribution in [0.3, 0.4) is 0 Å². The molecule has 11 aromatic rings. The molecule has 69 heavy (non-hydrogen) atoms. The van der Waals surface area contributed by atoms with Crippen molar-refractivity contribution in [2.45, 2.75) is 39.2 Å². The third kappa shape index (κ3) is 6.71. The number of aryl methyl sites for hydroxylation is 2. The van der Waals surface area contributed by atoms with Gasteiger partial charge in [-0.05, 0) is 54.8 Å². The van der Waals surface area contributed by atoms with Gasteiger partial charge in [0.1, 0.15) is 11.3 Å². The Hall–Kier alpha value is -5.25. The number of fused-ring (bicyclic) bond motifs is 10. The van der Waals surface area contributed by atoms with Gasteiger partial charge < -0.3 is 39.9 Å². The maximum absolute atomic E-state index is 6.31. The molecule has 326 valence electrons. The molecule has 0 atom stereocenters. The summed E-state index contributed by atoms with van der Waals surface area (Å²) in [7, 11) is 4.00. The zero-order valence-electron chi connectivity index (χ0n) is 36.1. The molecule has 0 N–H and O–H groups in total. The molecule has 0 unspecified atom stereocenters. The van der Waals surface area contributed by atoms with Crippen molar-refractivity contribution in [1.29, 1.82) is 0 Å². The molecule has 5 aromatic heterocycles. The summed E-state index contributed by atoms with van der Waals surface area (Å²) < 4.78 is 14.3. The number of hydrogen-bond donors (Lipinski definition) is 0. The molecule has 0 saturated heterocycles. The quantitative estimate of drug-likeness (QED) is 0.118. The molecule has 0 radical (unpaired) electrons. The van der Waals surface area contributed by atoms with E-state index in [0.717, 1.165) is 77.1 Å². The third-order valence-corrected chi connectivity index (χ3v) is 17.7. The number of aromatic nitrogens is 6. The number of nitrogens with zero attached hydrogens (tertiary/aromatic N) is 6. The fraction of sp³-hybridized carbons (Fsp3) is 0.0370. The van der Waals surface area contributed by atoms with Gasteiger partial charge in [-0.2, -0.15) is 76.3 Å². The van der Waals surface area contributed by atoms with E-state index in [9.17, 15) is 0 Å². The number of hydrogen-bond acceptors (Lipinski definition) is 7. The maximum atomic E-state index is 6.31. The second-order valence-electron chi connectivity index (χ2n) is 16.9. The minimum absolute atomic E-state index is 0. The molecule has 0 aliphatic carbocycles. The van der Waals surface area contributed by atoms with Gasteiger partial charge >= 0.3 is 42.1 Å². The molecule has 7 nitrogen and oxygen atoms in total. The topological polar surface area (TPSA) is 56.5 Å². The predicted molar refractivity (Wildman–Crippen MR) is 263 cm³/mol. The summed E-state index contributed by atoms with van der Waals surface area (Å²) in [6.07, 6.45) is 13.8. The molecule has 15 heteroatoms. The molecule has 0 amide bonds. The summed E-state index contributed by atoms with van der Waals surface area (Å²) in [6.45, 7) is -0.156. The summed E-state index contributed by atoms with van der Waals surface area (Å²) in [5.41, 5.74) is 14.9. The average molecular weight is 1310 g/mol. The molecule has 0 fully saturated rings. The van der Waals surface area contributed by atoms with Gasteiger partial charge in [-0.15, -0.1) is 74.9 Å². The van der Waals surface area contributed by atoms with Crippen molar-refractivity contribution in [2.75, 3.05) is 0 Å². The summed E-state index contributed by atoms with van der Waals surface area (Å²) >= 11 is 7.21. The smallest absolute Gasteiger partial charge is 0.631 e. The molecule has 0 bridgehead atoms. The van der Waals surface area contributed by atoms with E-state index in [1.54, 1.807) is 35.3 Å². The second kappa shape index (κ2) is 16.7. The minimum atomic E-state index is -0.0817. The SMILES string of the molecule is C[n+]1[c-]n(-c2[c-]c3c(cc2)Sc2cccc4c2B3c2[c-]c(-c3[c-]oc(-c5[c-]c6c(cc5)Sc5cccc7c5B6c5[c-]c(-n6[c-][n+](C)c8cccnc86)ccc5S7)[c-]3)ccc2S4)c2ncccc21.[Pt+4].[Pt+4]. The van der Waals surface area contributed by atoms with Crippen molar-refractivity contribution in [3.05, 3.63) is 171 Å². The van der Waals surface area contributed by atoms with Crippen LogP contribution in [0.4, 0.5) is 0 Å². The Morgan fingerprint density at radius 3 is 1.41 bits per heavy atom. The van der Waals surface area contributed by atoms with E-state index in [1.165, 1.54) is 45.2 Å². The van der Waals surface area contributed by atoms with Crippen LogP contribution in [0.15, 0.2) is 165 Å². The van der Waals surface area contributed by atoms with E-state index in [0.29, 0.717) is 5.76 Å². The molecular weight excluding hydrogens is 1290 g/mol. The zero-order chi connectivity index (χ0) is 44.1. The Morgan fingerprint density at radius 1 is 0.478 bits per heavy atom. The Balaban J connectivity index is 0.00000234. The summed E-state index contributed by atoms with van der Waals surface area (Å²) in [5.74, 6) is 0.583. The number of rotatable bonds is 4. The van der Waals surface area contributed by atoms with Gasteiger partial charge in [-0.1, -0.05) is 63.3 Å². The van der Waals surface area contributed by atoms with Crippen LogP contribution in [0.25, 0.3) is 56.2 Å². The molecular formula is C54H26B2N6OPt2S4+2. The van der Waals surface area contributed by atoms with Gasteiger partial charge in [0.15, 0.2) is 6.71 Å². The first-order valence-electron chi connectivity index (χ1n) is 21.7. The van der Waals surface area contributed by atoms with Crippen LogP contribution in [0.5, 0.6) is 0 Å². The molecule has 4 aliphatic heterocycles. The van der Waals surface area contributed by atoms with E-state index < -0.39 is 0 Å². The fourth-order valence-electron chi connectivity index (χ4n) is 10.0. The first-order valence-corrected chi connectivity index (χ1v) is 24.9. The summed E-state index contributed by atoms with van der Waals surface area (Å²) in [4.78, 5) is 19.2. The van der Waals surface area contributed by atoms with Gasteiger partial charge in [-0.25, -0.2) is 12.1 Å². The van der Waals surface area contributed by atoms with Crippen molar-refractivity contribution in [1.82, 2.24) is 19.1 Å². The molecule has 0 saturated carbocycles. The molecule has 9 heterocycles. The monoisotopic (exact) mass is 1310 g/mol. The Kier molecular flexibility index (Phi) is 10.6. The van der Waals surface area contributed by atoms with Crippen LogP contribution in [0, 0.1) is 49.2 Å². The molecule has 4 aliphatic rings. The Morgan fingerprint density at radius 2 is 0.913 bits per heavy atom. The first kappa shape index (κ1) is 43.7. The van der Waals surface area contributed by atoms with Gasteiger partial charge in [0.05, 0.1) is 25.1 Å². The first-order chi connectivity index (χ1) is 33.0. The van der Waals surface area contributed by atoms with Crippen LogP contribution in [-0.2, 0) is 56.2 Å². The largest absolute Gasteiger partial charge is 4.00 e. The van der Waals surface area contributed by atoms with E-state index >= 15 is 0 Å². The van der Waals surface area contributed by atoms with Crippen LogP contribution >= 0.6 is 47.0 Å². The zero-order valence-corrected chi connectivity index (χ0v) is 43.9. The van der Waals surface area contributed by atoms with E-state index in [2.05, 4.69) is 146 Å². The maximum Gasteiger partial charge on any atom is 4.00 e. The van der Waals surface area contributed by atoms with E-state index in [-0.39, 0.29) is 55.6 Å². The van der Waals surface area contributed by atoms with Crippen LogP contribution in [0.1, 0.15) is 0 Å². The number of imidazole rings is 2. The average Bonchev–Trinajstić information content (AvgIpc) is 4.09. The van der Waals surface area contributed by atoms with Crippen molar-refractivity contribution in [2.24, 2.45) is 14.1 Å². The normalized spacial score (nSPS) is 13.4. The predicted octanol–water partition coefficient (Wildman–Crippen LogP) is 6.23. The van der Waals surface area contributed by atoms with Crippen LogP contribution < -0.4 is 41.9 Å². The Bertz CT molecular complexity index is 3700. The number of furan rings is 1. The third-order valence-electron chi connectivity index (χ3n) is 13.0. The molecule has 0 spiro atoms.